The molecule has 8 nitrogen and oxygen atoms in total. The Morgan fingerprint density at radius 1 is 0.974 bits per heavy atom. The van der Waals surface area contributed by atoms with Crippen LogP contribution in [0.1, 0.15) is 41.8 Å². The molecule has 5 N–H and O–H groups in total. The van der Waals surface area contributed by atoms with Crippen LogP contribution in [0.15, 0.2) is 90.9 Å². The maximum Gasteiger partial charge on any atom is 0.229 e. The minimum absolute atomic E-state index is 0.185. The molecular weight excluding hydrogens is 474 g/mol. The van der Waals surface area contributed by atoms with E-state index in [1.165, 1.54) is 24.4 Å². The van der Waals surface area contributed by atoms with Crippen LogP contribution in [0.25, 0.3) is 34.2 Å². The molecule has 1 fully saturated rings. The van der Waals surface area contributed by atoms with Crippen LogP contribution in [0, 0.1) is 0 Å². The van der Waals surface area contributed by atoms with Gasteiger partial charge in [0.25, 0.3) is 0 Å². The molecule has 2 aromatic carbocycles. The summed E-state index contributed by atoms with van der Waals surface area (Å²) >= 11 is 0. The highest BCUT2D eigenvalue weighted by Gasteiger charge is 2.34. The van der Waals surface area contributed by atoms with Crippen molar-refractivity contribution >= 4 is 17.6 Å². The Labute approximate surface area is 220 Å². The van der Waals surface area contributed by atoms with Crippen molar-refractivity contribution in [3.63, 3.8) is 0 Å². The number of nitrogens with zero attached hydrogens (tertiary/aromatic N) is 5. The molecule has 0 unspecified atom stereocenters. The first-order chi connectivity index (χ1) is 18.5. The van der Waals surface area contributed by atoms with Crippen molar-refractivity contribution < 1.29 is 5.11 Å². The standard InChI is InChI=1S/C30H27N7O/c1-19-23-16-24(20-6-3-2-4-7-20)28(21-8-10-22(11-9-21)30(31)13-5-14-30)35-25(23)12-15-37(19)29(36-32)26-17-34-27(38)18-33-26/h2-4,6-12,15-18H,1,5,13-14,31-32H2,(H,34,38)/b36-29-. The Hall–Kier alpha value is -4.82. The normalized spacial score (nSPS) is 16.2. The lowest BCUT2D eigenvalue weighted by atomic mass is 9.72. The topological polar surface area (TPSA) is 127 Å². The van der Waals surface area contributed by atoms with E-state index in [4.69, 9.17) is 16.6 Å². The summed E-state index contributed by atoms with van der Waals surface area (Å²) in [5, 5.41) is 13.5. The van der Waals surface area contributed by atoms with Crippen LogP contribution in [0.2, 0.25) is 0 Å². The lowest BCUT2D eigenvalue weighted by Gasteiger charge is -2.38. The van der Waals surface area contributed by atoms with Crippen molar-refractivity contribution in [2.45, 2.75) is 24.8 Å². The first-order valence-corrected chi connectivity index (χ1v) is 12.4. The SMILES string of the molecule is C=C1c2cc(-c3ccccc3)c(-c3ccc(C4(N)CCC4)cc3)nc2C=CN1/C(=N\N)c1cnc(O)cn1. The highest BCUT2D eigenvalue weighted by Crippen LogP contribution is 2.41. The van der Waals surface area contributed by atoms with Gasteiger partial charge in [0.1, 0.15) is 5.69 Å². The van der Waals surface area contributed by atoms with E-state index in [2.05, 4.69) is 64.1 Å². The van der Waals surface area contributed by atoms with Gasteiger partial charge in [-0.25, -0.2) is 15.0 Å². The van der Waals surface area contributed by atoms with E-state index in [1.807, 2.05) is 30.5 Å². The second kappa shape index (κ2) is 9.24. The van der Waals surface area contributed by atoms with Gasteiger partial charge in [0, 0.05) is 34.1 Å². The molecule has 0 atom stereocenters. The van der Waals surface area contributed by atoms with Gasteiger partial charge in [0.2, 0.25) is 5.88 Å². The molecule has 3 heterocycles. The van der Waals surface area contributed by atoms with Crippen molar-refractivity contribution in [2.75, 3.05) is 0 Å². The fourth-order valence-electron chi connectivity index (χ4n) is 5.00. The van der Waals surface area contributed by atoms with E-state index < -0.39 is 0 Å². The summed E-state index contributed by atoms with van der Waals surface area (Å²) in [5.74, 6) is 5.91. The van der Waals surface area contributed by atoms with Crippen LogP contribution < -0.4 is 11.6 Å². The van der Waals surface area contributed by atoms with Crippen molar-refractivity contribution in [1.29, 1.82) is 0 Å². The molecule has 188 valence electrons. The molecule has 0 saturated heterocycles. The van der Waals surface area contributed by atoms with Crippen LogP contribution in [0.5, 0.6) is 5.88 Å². The van der Waals surface area contributed by atoms with Crippen molar-refractivity contribution in [2.24, 2.45) is 16.7 Å². The fraction of sp³-hybridized carbons (Fsp3) is 0.133. The van der Waals surface area contributed by atoms with E-state index in [-0.39, 0.29) is 11.4 Å². The third-order valence-electron chi connectivity index (χ3n) is 7.32. The molecule has 0 radical (unpaired) electrons. The molecule has 38 heavy (non-hydrogen) atoms. The second-order valence-corrected chi connectivity index (χ2v) is 9.62. The fourth-order valence-corrected chi connectivity index (χ4v) is 5.00. The summed E-state index contributed by atoms with van der Waals surface area (Å²) in [7, 11) is 0. The molecule has 6 rings (SSSR count). The van der Waals surface area contributed by atoms with E-state index in [0.717, 1.165) is 46.5 Å². The van der Waals surface area contributed by atoms with Gasteiger partial charge < -0.3 is 16.7 Å². The van der Waals surface area contributed by atoms with Gasteiger partial charge in [-0.05, 0) is 42.5 Å². The zero-order chi connectivity index (χ0) is 26.3. The predicted octanol–water partition coefficient (Wildman–Crippen LogP) is 4.83. The minimum atomic E-state index is -0.210. The maximum atomic E-state index is 9.53. The van der Waals surface area contributed by atoms with E-state index in [1.54, 1.807) is 4.90 Å². The Bertz CT molecular complexity index is 1570. The lowest BCUT2D eigenvalue weighted by Crippen LogP contribution is -2.43. The Morgan fingerprint density at radius 2 is 1.74 bits per heavy atom. The van der Waals surface area contributed by atoms with Gasteiger partial charge >= 0.3 is 0 Å². The number of pyridine rings is 1. The van der Waals surface area contributed by atoms with Crippen LogP contribution in [0.3, 0.4) is 0 Å². The first kappa shape index (κ1) is 23.6. The molecule has 1 aliphatic carbocycles. The van der Waals surface area contributed by atoms with Crippen LogP contribution in [0.4, 0.5) is 0 Å². The minimum Gasteiger partial charge on any atom is -0.492 e. The zero-order valence-corrected chi connectivity index (χ0v) is 20.7. The van der Waals surface area contributed by atoms with Crippen molar-refractivity contribution in [3.05, 3.63) is 108 Å². The van der Waals surface area contributed by atoms with Gasteiger partial charge in [-0.15, -0.1) is 0 Å². The summed E-state index contributed by atoms with van der Waals surface area (Å²) in [6.45, 7) is 4.33. The monoisotopic (exact) mass is 501 g/mol. The van der Waals surface area contributed by atoms with Crippen molar-refractivity contribution in [3.8, 4) is 28.3 Å². The number of aromatic nitrogens is 3. The number of hydrogen-bond donors (Lipinski definition) is 3. The number of hydrogen-bond acceptors (Lipinski definition) is 7. The Balaban J connectivity index is 1.44. The molecule has 2 aromatic heterocycles. The number of aromatic hydroxyl groups is 1. The van der Waals surface area contributed by atoms with Gasteiger partial charge in [-0.2, -0.15) is 5.10 Å². The largest absolute Gasteiger partial charge is 0.492 e. The van der Waals surface area contributed by atoms with Crippen molar-refractivity contribution in [1.82, 2.24) is 19.9 Å². The number of nitrogens with two attached hydrogens (primary N) is 2. The van der Waals surface area contributed by atoms with Gasteiger partial charge in [-0.1, -0.05) is 61.2 Å². The molecule has 8 heteroatoms. The second-order valence-electron chi connectivity index (χ2n) is 9.62. The molecule has 1 aliphatic heterocycles. The summed E-state index contributed by atoms with van der Waals surface area (Å²) in [5.41, 5.74) is 14.1. The van der Waals surface area contributed by atoms with E-state index in [0.29, 0.717) is 17.2 Å². The van der Waals surface area contributed by atoms with Gasteiger partial charge in [-0.3, -0.25) is 4.90 Å². The lowest BCUT2D eigenvalue weighted by molar-refractivity contribution is 0.253. The number of benzene rings is 2. The number of fused-ring (bicyclic) bond motifs is 1. The van der Waals surface area contributed by atoms with Gasteiger partial charge in [0.15, 0.2) is 5.84 Å². The predicted molar refractivity (Wildman–Crippen MR) is 149 cm³/mol. The highest BCUT2D eigenvalue weighted by atomic mass is 16.3. The first-order valence-electron chi connectivity index (χ1n) is 12.4. The molecule has 4 aromatic rings. The molecule has 0 amide bonds. The van der Waals surface area contributed by atoms with Gasteiger partial charge in [0.05, 0.1) is 23.8 Å². The third-order valence-corrected chi connectivity index (χ3v) is 7.32. The van der Waals surface area contributed by atoms with E-state index >= 15 is 0 Å². The third kappa shape index (κ3) is 4.01. The molecular formula is C30H27N7O. The quantitative estimate of drug-likeness (QED) is 0.158. The number of rotatable bonds is 4. The molecule has 1 saturated carbocycles. The van der Waals surface area contributed by atoms with Crippen LogP contribution >= 0.6 is 0 Å². The number of hydrazone groups is 1. The average molecular weight is 502 g/mol. The van der Waals surface area contributed by atoms with Crippen LogP contribution in [-0.2, 0) is 5.54 Å². The molecule has 0 spiro atoms. The highest BCUT2D eigenvalue weighted by molar-refractivity contribution is 6.04. The Kier molecular flexibility index (Phi) is 5.73. The summed E-state index contributed by atoms with van der Waals surface area (Å²) < 4.78 is 0. The summed E-state index contributed by atoms with van der Waals surface area (Å²) in [4.78, 5) is 14.9. The Morgan fingerprint density at radius 3 is 2.37 bits per heavy atom. The smallest absolute Gasteiger partial charge is 0.229 e. The molecule has 2 aliphatic rings. The zero-order valence-electron chi connectivity index (χ0n) is 20.7. The number of amidine groups is 1. The molecule has 0 bridgehead atoms. The van der Waals surface area contributed by atoms with Crippen LogP contribution in [-0.4, -0.2) is 30.8 Å². The summed E-state index contributed by atoms with van der Waals surface area (Å²) in [6, 6.07) is 20.7. The summed E-state index contributed by atoms with van der Waals surface area (Å²) in [6.07, 6.45) is 9.58. The average Bonchev–Trinajstić information content (AvgIpc) is 2.94. The van der Waals surface area contributed by atoms with E-state index in [9.17, 15) is 5.11 Å². The maximum absolute atomic E-state index is 9.53.